The number of aliphatic carboxylic acids is 1. The number of piperidine rings is 1. The zero-order chi connectivity index (χ0) is 22.1. The lowest BCUT2D eigenvalue weighted by Crippen LogP contribution is -2.56. The quantitative estimate of drug-likeness (QED) is 0.751. The van der Waals surface area contributed by atoms with Gasteiger partial charge in [-0.05, 0) is 37.3 Å². The van der Waals surface area contributed by atoms with E-state index in [0.717, 1.165) is 25.3 Å². The van der Waals surface area contributed by atoms with Crippen LogP contribution in [0, 0.1) is 23.5 Å². The van der Waals surface area contributed by atoms with Gasteiger partial charge in [-0.2, -0.15) is 0 Å². The summed E-state index contributed by atoms with van der Waals surface area (Å²) in [5, 5.41) is 16.2. The minimum atomic E-state index is -0.949. The third-order valence-electron chi connectivity index (χ3n) is 6.50. The average molecular weight is 433 g/mol. The number of carbonyl (C=O) groups is 2. The summed E-state index contributed by atoms with van der Waals surface area (Å²) < 4.78 is 32.1. The molecular weight excluding hydrogens is 408 g/mol. The van der Waals surface area contributed by atoms with Gasteiger partial charge < -0.3 is 14.9 Å². The SMILES string of the molecule is C[C@H]1CCC[C@@H]1N1CC[C@@H](NC(=O)c2cc(-c3ccc(F)cc3F)on2)[C@H](C(=O)O)C1. The Bertz CT molecular complexity index is 979. The Kier molecular flexibility index (Phi) is 6.04. The molecule has 1 aromatic carbocycles. The highest BCUT2D eigenvalue weighted by atomic mass is 19.1. The number of amides is 1. The number of hydrogen-bond donors (Lipinski definition) is 2. The molecule has 2 aromatic rings. The smallest absolute Gasteiger partial charge is 0.309 e. The van der Waals surface area contributed by atoms with Gasteiger partial charge in [0, 0.05) is 37.3 Å². The summed E-state index contributed by atoms with van der Waals surface area (Å²) >= 11 is 0. The van der Waals surface area contributed by atoms with Gasteiger partial charge in [0.25, 0.3) is 5.91 Å². The van der Waals surface area contributed by atoms with Crippen LogP contribution in [0.1, 0.15) is 43.1 Å². The number of carbonyl (C=O) groups excluding carboxylic acids is 1. The van der Waals surface area contributed by atoms with Crippen molar-refractivity contribution >= 4 is 11.9 Å². The molecule has 1 aromatic heterocycles. The molecule has 1 amide bonds. The van der Waals surface area contributed by atoms with E-state index >= 15 is 0 Å². The molecule has 4 atom stereocenters. The molecule has 2 aliphatic rings. The Hall–Kier alpha value is -2.81. The van der Waals surface area contributed by atoms with Gasteiger partial charge in [-0.1, -0.05) is 18.5 Å². The predicted octanol–water partition coefficient (Wildman–Crippen LogP) is 3.31. The van der Waals surface area contributed by atoms with Gasteiger partial charge in [-0.3, -0.25) is 14.5 Å². The van der Waals surface area contributed by atoms with Crippen LogP contribution < -0.4 is 5.32 Å². The van der Waals surface area contributed by atoms with E-state index < -0.39 is 35.5 Å². The third-order valence-corrected chi connectivity index (χ3v) is 6.50. The zero-order valence-corrected chi connectivity index (χ0v) is 17.2. The minimum absolute atomic E-state index is 0.0116. The van der Waals surface area contributed by atoms with Crippen molar-refractivity contribution in [1.29, 1.82) is 0 Å². The van der Waals surface area contributed by atoms with Gasteiger partial charge in [-0.15, -0.1) is 0 Å². The largest absolute Gasteiger partial charge is 0.481 e. The average Bonchev–Trinajstić information content (AvgIpc) is 3.37. The Morgan fingerprint density at radius 2 is 2.03 bits per heavy atom. The number of nitrogens with one attached hydrogen (secondary N) is 1. The maximum Gasteiger partial charge on any atom is 0.309 e. The van der Waals surface area contributed by atoms with E-state index in [9.17, 15) is 23.5 Å². The van der Waals surface area contributed by atoms with E-state index in [1.165, 1.54) is 12.1 Å². The fraction of sp³-hybridized carbons (Fsp3) is 0.500. The van der Waals surface area contributed by atoms with Gasteiger partial charge >= 0.3 is 5.97 Å². The Morgan fingerprint density at radius 3 is 2.71 bits per heavy atom. The monoisotopic (exact) mass is 433 g/mol. The molecule has 4 rings (SSSR count). The lowest BCUT2D eigenvalue weighted by Gasteiger charge is -2.41. The first-order valence-corrected chi connectivity index (χ1v) is 10.5. The highest BCUT2D eigenvalue weighted by Crippen LogP contribution is 2.32. The first kappa shape index (κ1) is 21.4. The molecule has 0 radical (unpaired) electrons. The fourth-order valence-corrected chi connectivity index (χ4v) is 4.81. The molecule has 2 fully saturated rings. The summed E-state index contributed by atoms with van der Waals surface area (Å²) in [6.45, 7) is 3.31. The number of nitrogens with zero attached hydrogens (tertiary/aromatic N) is 2. The van der Waals surface area contributed by atoms with Crippen LogP contribution >= 0.6 is 0 Å². The molecule has 1 aliphatic carbocycles. The molecule has 0 bridgehead atoms. The summed E-state index contributed by atoms with van der Waals surface area (Å²) in [6.07, 6.45) is 3.90. The molecule has 1 saturated heterocycles. The molecule has 31 heavy (non-hydrogen) atoms. The molecule has 7 nitrogen and oxygen atoms in total. The normalized spacial score (nSPS) is 26.7. The van der Waals surface area contributed by atoms with Crippen molar-refractivity contribution in [2.75, 3.05) is 13.1 Å². The number of aromatic nitrogens is 1. The van der Waals surface area contributed by atoms with Crippen molar-refractivity contribution in [2.45, 2.75) is 44.7 Å². The molecule has 2 heterocycles. The van der Waals surface area contributed by atoms with Crippen LogP contribution in [0.2, 0.25) is 0 Å². The number of carboxylic acids is 1. The number of halogens is 2. The second-order valence-electron chi connectivity index (χ2n) is 8.48. The number of benzene rings is 1. The van der Waals surface area contributed by atoms with E-state index in [0.29, 0.717) is 37.5 Å². The van der Waals surface area contributed by atoms with Gasteiger partial charge in [0.05, 0.1) is 11.5 Å². The molecule has 0 spiro atoms. The van der Waals surface area contributed by atoms with E-state index in [1.54, 1.807) is 0 Å². The lowest BCUT2D eigenvalue weighted by molar-refractivity contribution is -0.145. The molecule has 9 heteroatoms. The number of likely N-dealkylation sites (tertiary alicyclic amines) is 1. The van der Waals surface area contributed by atoms with Crippen molar-refractivity contribution in [2.24, 2.45) is 11.8 Å². The standard InChI is InChI=1S/C22H25F2N3O4/c1-12-3-2-4-19(12)27-8-7-17(15(11-27)22(29)30)25-21(28)18-10-20(31-26-18)14-6-5-13(23)9-16(14)24/h5-6,9-10,12,15,17,19H,2-4,7-8,11H2,1H3,(H,25,28)(H,29,30)/t12-,15+,17+,19-/m0/s1. The molecule has 1 aliphatic heterocycles. The molecule has 0 unspecified atom stereocenters. The van der Waals surface area contributed by atoms with Crippen LogP contribution in [-0.4, -0.2) is 52.2 Å². The third kappa shape index (κ3) is 4.46. The first-order valence-electron chi connectivity index (χ1n) is 10.5. The molecular formula is C22H25F2N3O4. The highest BCUT2D eigenvalue weighted by Gasteiger charge is 2.40. The second-order valence-corrected chi connectivity index (χ2v) is 8.48. The highest BCUT2D eigenvalue weighted by molar-refractivity contribution is 5.93. The van der Waals surface area contributed by atoms with Gasteiger partial charge in [0.15, 0.2) is 11.5 Å². The maximum absolute atomic E-state index is 14.0. The number of carboxylic acid groups (broad SMARTS) is 1. The Balaban J connectivity index is 1.44. The first-order chi connectivity index (χ1) is 14.8. The lowest BCUT2D eigenvalue weighted by atomic mass is 9.89. The second kappa shape index (κ2) is 8.74. The fourth-order valence-electron chi connectivity index (χ4n) is 4.81. The van der Waals surface area contributed by atoms with Crippen LogP contribution in [0.4, 0.5) is 8.78 Å². The Morgan fingerprint density at radius 1 is 1.23 bits per heavy atom. The van der Waals surface area contributed by atoms with Crippen molar-refractivity contribution in [3.8, 4) is 11.3 Å². The molecule has 166 valence electrons. The van der Waals surface area contributed by atoms with Crippen LogP contribution in [0.3, 0.4) is 0 Å². The molecule has 2 N–H and O–H groups in total. The van der Waals surface area contributed by atoms with Crippen LogP contribution in [0.25, 0.3) is 11.3 Å². The van der Waals surface area contributed by atoms with Crippen molar-refractivity contribution < 1.29 is 28.0 Å². The van der Waals surface area contributed by atoms with Gasteiger partial charge in [-0.25, -0.2) is 8.78 Å². The van der Waals surface area contributed by atoms with E-state index in [2.05, 4.69) is 22.3 Å². The van der Waals surface area contributed by atoms with Crippen molar-refractivity contribution in [3.63, 3.8) is 0 Å². The Labute approximate surface area is 178 Å². The van der Waals surface area contributed by atoms with E-state index in [-0.39, 0.29) is 17.0 Å². The topological polar surface area (TPSA) is 95.7 Å². The zero-order valence-electron chi connectivity index (χ0n) is 17.2. The maximum atomic E-state index is 14.0. The summed E-state index contributed by atoms with van der Waals surface area (Å²) in [5.74, 6) is -3.29. The molecule has 1 saturated carbocycles. The van der Waals surface area contributed by atoms with Crippen LogP contribution in [-0.2, 0) is 4.79 Å². The minimum Gasteiger partial charge on any atom is -0.481 e. The van der Waals surface area contributed by atoms with E-state index in [4.69, 9.17) is 4.52 Å². The summed E-state index contributed by atoms with van der Waals surface area (Å²) in [6, 6.07) is 4.11. The van der Waals surface area contributed by atoms with Gasteiger partial charge in [0.1, 0.15) is 11.6 Å². The van der Waals surface area contributed by atoms with Gasteiger partial charge in [0.2, 0.25) is 0 Å². The summed E-state index contributed by atoms with van der Waals surface area (Å²) in [4.78, 5) is 26.8. The van der Waals surface area contributed by atoms with E-state index in [1.807, 2.05) is 0 Å². The number of hydrogen-bond acceptors (Lipinski definition) is 5. The van der Waals surface area contributed by atoms with Crippen molar-refractivity contribution in [3.05, 3.63) is 41.6 Å². The van der Waals surface area contributed by atoms with Crippen LogP contribution in [0.15, 0.2) is 28.8 Å². The predicted molar refractivity (Wildman–Crippen MR) is 107 cm³/mol. The van der Waals surface area contributed by atoms with Crippen molar-refractivity contribution in [1.82, 2.24) is 15.4 Å². The summed E-state index contributed by atoms with van der Waals surface area (Å²) in [5.41, 5.74) is -0.106. The summed E-state index contributed by atoms with van der Waals surface area (Å²) in [7, 11) is 0. The number of rotatable bonds is 5. The van der Waals surface area contributed by atoms with Crippen LogP contribution in [0.5, 0.6) is 0 Å².